The Morgan fingerprint density at radius 2 is 1.44 bits per heavy atom. The summed E-state index contributed by atoms with van der Waals surface area (Å²) in [5, 5.41) is 13.4. The summed E-state index contributed by atoms with van der Waals surface area (Å²) in [6.07, 6.45) is -0.827. The molecule has 2 heterocycles. The largest absolute Gasteiger partial charge is 0.465 e. The van der Waals surface area contributed by atoms with Crippen LogP contribution in [0.1, 0.15) is 22.3 Å². The highest BCUT2D eigenvalue weighted by molar-refractivity contribution is 7.91. The van der Waals surface area contributed by atoms with Crippen LogP contribution in [-0.4, -0.2) is 79.5 Å². The number of carbonyl (C=O) groups excluding carboxylic acids is 2. The van der Waals surface area contributed by atoms with E-state index in [9.17, 15) is 27.9 Å². The van der Waals surface area contributed by atoms with Crippen molar-refractivity contribution in [2.75, 3.05) is 35.8 Å². The van der Waals surface area contributed by atoms with Gasteiger partial charge >= 0.3 is 6.09 Å². The highest BCUT2D eigenvalue weighted by Crippen LogP contribution is 2.29. The standard InChI is InChI=1S/C37H38ClN5O6S/c38-30-16-14-26(15-17-30)22-32(39-35(44)34-23-28-10-4-5-11-29(28)24-43(34)37(46)47)36(45)42-20-18-41(19-21-42)33-13-7-6-12-31(33)40-50(48,49)25-27-8-2-1-3-9-27/h1-17,32,34,40H,18-25H2,(H,39,44)(H,46,47)/t32-,34+/m1/s1. The zero-order valence-corrected chi connectivity index (χ0v) is 28.8. The first-order valence-corrected chi connectivity index (χ1v) is 18.4. The molecule has 13 heteroatoms. The number of carboxylic acid groups (broad SMARTS) is 1. The minimum Gasteiger partial charge on any atom is -0.465 e. The molecule has 1 saturated heterocycles. The SMILES string of the molecule is O=C(N[C@H](Cc1ccc(Cl)cc1)C(=O)N1CCN(c2ccccc2NS(=O)(=O)Cc2ccccc2)CC1)[C@@H]1Cc2ccccc2CN1C(=O)O. The Balaban J connectivity index is 1.16. The van der Waals surface area contributed by atoms with Gasteiger partial charge in [0.15, 0.2) is 0 Å². The maximum Gasteiger partial charge on any atom is 0.408 e. The number of hydrogen-bond donors (Lipinski definition) is 3. The second-order valence-corrected chi connectivity index (χ2v) is 14.6. The maximum absolute atomic E-state index is 14.1. The number of sulfonamides is 1. The number of halogens is 1. The van der Waals surface area contributed by atoms with Crippen molar-refractivity contribution in [3.63, 3.8) is 0 Å². The van der Waals surface area contributed by atoms with Crippen LogP contribution in [-0.2, 0) is 44.8 Å². The lowest BCUT2D eigenvalue weighted by Gasteiger charge is -2.39. The molecule has 50 heavy (non-hydrogen) atoms. The van der Waals surface area contributed by atoms with E-state index in [2.05, 4.69) is 10.0 Å². The summed E-state index contributed by atoms with van der Waals surface area (Å²) in [6, 6.07) is 28.6. The van der Waals surface area contributed by atoms with E-state index >= 15 is 0 Å². The summed E-state index contributed by atoms with van der Waals surface area (Å²) < 4.78 is 28.8. The highest BCUT2D eigenvalue weighted by Gasteiger charge is 2.37. The van der Waals surface area contributed by atoms with E-state index in [1.165, 1.54) is 0 Å². The summed E-state index contributed by atoms with van der Waals surface area (Å²) in [5.41, 5.74) is 4.35. The number of anilines is 2. The van der Waals surface area contributed by atoms with E-state index in [-0.39, 0.29) is 31.0 Å². The average molecular weight is 716 g/mol. The molecule has 3 amide bonds. The molecule has 6 rings (SSSR count). The predicted octanol–water partition coefficient (Wildman–Crippen LogP) is 4.76. The molecule has 11 nitrogen and oxygen atoms in total. The fraction of sp³-hybridized carbons (Fsp3) is 0.270. The smallest absolute Gasteiger partial charge is 0.408 e. The molecule has 0 aliphatic carbocycles. The third-order valence-electron chi connectivity index (χ3n) is 9.07. The lowest BCUT2D eigenvalue weighted by molar-refractivity contribution is -0.138. The van der Waals surface area contributed by atoms with Crippen LogP contribution in [0.5, 0.6) is 0 Å². The van der Waals surface area contributed by atoms with Crippen LogP contribution in [0.25, 0.3) is 0 Å². The van der Waals surface area contributed by atoms with Gasteiger partial charge in [-0.15, -0.1) is 0 Å². The molecule has 2 aliphatic rings. The van der Waals surface area contributed by atoms with Gasteiger partial charge in [0, 0.05) is 44.0 Å². The van der Waals surface area contributed by atoms with Crippen molar-refractivity contribution in [2.24, 2.45) is 0 Å². The quantitative estimate of drug-likeness (QED) is 0.215. The molecule has 260 valence electrons. The fourth-order valence-electron chi connectivity index (χ4n) is 6.50. The molecule has 3 N–H and O–H groups in total. The summed E-state index contributed by atoms with van der Waals surface area (Å²) >= 11 is 6.10. The van der Waals surface area contributed by atoms with Crippen molar-refractivity contribution in [1.29, 1.82) is 0 Å². The van der Waals surface area contributed by atoms with E-state index in [1.54, 1.807) is 65.6 Å². The molecule has 4 aromatic rings. The zero-order chi connectivity index (χ0) is 35.3. The molecule has 2 aliphatic heterocycles. The Bertz CT molecular complexity index is 1950. The number of rotatable bonds is 10. The van der Waals surface area contributed by atoms with Gasteiger partial charge in [-0.2, -0.15) is 0 Å². The molecule has 0 bridgehead atoms. The number of nitrogens with zero attached hydrogens (tertiary/aromatic N) is 3. The van der Waals surface area contributed by atoms with Gasteiger partial charge < -0.3 is 20.2 Å². The molecule has 4 aromatic carbocycles. The third kappa shape index (κ3) is 8.38. The Hall–Kier alpha value is -5.07. The monoisotopic (exact) mass is 715 g/mol. The van der Waals surface area contributed by atoms with Gasteiger partial charge in [-0.3, -0.25) is 19.2 Å². The Kier molecular flexibility index (Phi) is 10.6. The summed E-state index contributed by atoms with van der Waals surface area (Å²) in [4.78, 5) is 45.0. The molecule has 0 aromatic heterocycles. The molecule has 0 spiro atoms. The number of piperazine rings is 1. The number of para-hydroxylation sites is 2. The summed E-state index contributed by atoms with van der Waals surface area (Å²) in [6.45, 7) is 1.59. The van der Waals surface area contributed by atoms with Crippen LogP contribution in [0, 0.1) is 0 Å². The molecule has 2 atom stereocenters. The third-order valence-corrected chi connectivity index (χ3v) is 10.6. The van der Waals surface area contributed by atoms with Gasteiger partial charge in [-0.1, -0.05) is 90.5 Å². The van der Waals surface area contributed by atoms with Crippen molar-refractivity contribution in [2.45, 2.75) is 37.2 Å². The summed E-state index contributed by atoms with van der Waals surface area (Å²) in [5.74, 6) is -0.990. The van der Waals surface area contributed by atoms with Crippen LogP contribution in [0.2, 0.25) is 5.02 Å². The van der Waals surface area contributed by atoms with Crippen molar-refractivity contribution >= 4 is 50.9 Å². The first kappa shape index (κ1) is 34.8. The average Bonchev–Trinajstić information content (AvgIpc) is 3.11. The van der Waals surface area contributed by atoms with Crippen LogP contribution in [0.15, 0.2) is 103 Å². The molecular formula is C37H38ClN5O6S. The van der Waals surface area contributed by atoms with Gasteiger partial charge in [0.2, 0.25) is 21.8 Å². The Morgan fingerprint density at radius 1 is 0.800 bits per heavy atom. The lowest BCUT2D eigenvalue weighted by Crippen LogP contribution is -2.59. The molecule has 0 radical (unpaired) electrons. The zero-order valence-electron chi connectivity index (χ0n) is 27.2. The van der Waals surface area contributed by atoms with Gasteiger partial charge in [0.25, 0.3) is 0 Å². The number of carbonyl (C=O) groups is 3. The van der Waals surface area contributed by atoms with E-state index < -0.39 is 34.1 Å². The fourth-order valence-corrected chi connectivity index (χ4v) is 7.84. The van der Waals surface area contributed by atoms with Crippen LogP contribution in [0.4, 0.5) is 16.2 Å². The van der Waals surface area contributed by atoms with E-state index in [0.29, 0.717) is 48.1 Å². The number of nitrogens with one attached hydrogen (secondary N) is 2. The van der Waals surface area contributed by atoms with Crippen LogP contribution >= 0.6 is 11.6 Å². The Morgan fingerprint density at radius 3 is 2.14 bits per heavy atom. The van der Waals surface area contributed by atoms with Gasteiger partial charge in [-0.05, 0) is 46.5 Å². The van der Waals surface area contributed by atoms with E-state index in [0.717, 1.165) is 21.6 Å². The second kappa shape index (κ2) is 15.2. The first-order valence-electron chi connectivity index (χ1n) is 16.3. The van der Waals surface area contributed by atoms with Crippen molar-refractivity contribution in [3.05, 3.63) is 130 Å². The molecule has 0 unspecified atom stereocenters. The number of benzene rings is 4. The van der Waals surface area contributed by atoms with Crippen molar-refractivity contribution in [1.82, 2.24) is 15.1 Å². The van der Waals surface area contributed by atoms with Crippen molar-refractivity contribution < 1.29 is 27.9 Å². The van der Waals surface area contributed by atoms with Gasteiger partial charge in [0.1, 0.15) is 12.1 Å². The highest BCUT2D eigenvalue weighted by atomic mass is 35.5. The maximum atomic E-state index is 14.1. The van der Waals surface area contributed by atoms with Crippen molar-refractivity contribution in [3.8, 4) is 0 Å². The normalized spacial score (nSPS) is 16.7. The number of fused-ring (bicyclic) bond motifs is 1. The van der Waals surface area contributed by atoms with Crippen LogP contribution in [0.3, 0.4) is 0 Å². The lowest BCUT2D eigenvalue weighted by atomic mass is 9.93. The van der Waals surface area contributed by atoms with Gasteiger partial charge in [-0.25, -0.2) is 13.2 Å². The molecular weight excluding hydrogens is 678 g/mol. The molecule has 1 fully saturated rings. The minimum absolute atomic E-state index is 0.0746. The van der Waals surface area contributed by atoms with Crippen LogP contribution < -0.4 is 14.9 Å². The van der Waals surface area contributed by atoms with E-state index in [4.69, 9.17) is 11.6 Å². The number of amides is 3. The Labute approximate surface area is 296 Å². The predicted molar refractivity (Wildman–Crippen MR) is 193 cm³/mol. The molecule has 0 saturated carbocycles. The van der Waals surface area contributed by atoms with Gasteiger partial charge in [0.05, 0.1) is 23.7 Å². The first-order chi connectivity index (χ1) is 24.1. The van der Waals surface area contributed by atoms with E-state index in [1.807, 2.05) is 47.4 Å². The minimum atomic E-state index is -3.69. The second-order valence-electron chi connectivity index (χ2n) is 12.5. The number of hydrogen-bond acceptors (Lipinski definition) is 6. The topological polar surface area (TPSA) is 139 Å². The summed E-state index contributed by atoms with van der Waals surface area (Å²) in [7, 11) is -3.69.